The third-order valence-electron chi connectivity index (χ3n) is 4.18. The standard InChI is InChI=1S/C16H21BClNO4S/c1-10(20)24-9-11(8-12-6-7-13(21)14(18)19-12)17-22-15(2,3)16(4,5)23-17/h6-8,21H,9H2,1-5H3. The van der Waals surface area contributed by atoms with Crippen LogP contribution >= 0.6 is 23.4 Å². The summed E-state index contributed by atoms with van der Waals surface area (Å²) in [5.41, 5.74) is 0.393. The highest BCUT2D eigenvalue weighted by molar-refractivity contribution is 8.13. The van der Waals surface area contributed by atoms with Gasteiger partial charge in [-0.3, -0.25) is 4.79 Å². The Bertz CT molecular complexity index is 662. The number of hydrogen-bond acceptors (Lipinski definition) is 6. The molecule has 0 atom stereocenters. The Morgan fingerprint density at radius 3 is 2.42 bits per heavy atom. The van der Waals surface area contributed by atoms with Gasteiger partial charge in [-0.15, -0.1) is 0 Å². The van der Waals surface area contributed by atoms with Gasteiger partial charge in [0.15, 0.2) is 16.0 Å². The van der Waals surface area contributed by atoms with Crippen LogP contribution in [-0.4, -0.2) is 39.3 Å². The van der Waals surface area contributed by atoms with E-state index in [1.54, 1.807) is 12.1 Å². The fourth-order valence-corrected chi connectivity index (χ4v) is 2.82. The molecule has 0 saturated carbocycles. The molecule has 0 aliphatic carbocycles. The van der Waals surface area contributed by atoms with Crippen LogP contribution in [0.25, 0.3) is 6.08 Å². The van der Waals surface area contributed by atoms with Crippen molar-refractivity contribution < 1.29 is 19.2 Å². The second kappa shape index (κ2) is 7.08. The average Bonchev–Trinajstić information content (AvgIpc) is 2.67. The highest BCUT2D eigenvalue weighted by Crippen LogP contribution is 2.39. The van der Waals surface area contributed by atoms with E-state index in [4.69, 9.17) is 20.9 Å². The summed E-state index contributed by atoms with van der Waals surface area (Å²) < 4.78 is 12.1. The molecule has 0 unspecified atom stereocenters. The number of thioether (sulfide) groups is 1. The van der Waals surface area contributed by atoms with Crippen LogP contribution in [0.2, 0.25) is 5.15 Å². The fraction of sp³-hybridized carbons (Fsp3) is 0.500. The van der Waals surface area contributed by atoms with Crippen molar-refractivity contribution in [3.05, 3.63) is 28.5 Å². The summed E-state index contributed by atoms with van der Waals surface area (Å²) in [6.07, 6.45) is 1.78. The Morgan fingerprint density at radius 1 is 1.33 bits per heavy atom. The molecule has 1 aliphatic heterocycles. The summed E-state index contributed by atoms with van der Waals surface area (Å²) in [4.78, 5) is 15.5. The highest BCUT2D eigenvalue weighted by atomic mass is 35.5. The number of aromatic nitrogens is 1. The van der Waals surface area contributed by atoms with E-state index in [9.17, 15) is 9.90 Å². The van der Waals surface area contributed by atoms with Crippen LogP contribution in [0.3, 0.4) is 0 Å². The van der Waals surface area contributed by atoms with Crippen molar-refractivity contribution in [3.63, 3.8) is 0 Å². The van der Waals surface area contributed by atoms with E-state index >= 15 is 0 Å². The molecule has 2 rings (SSSR count). The van der Waals surface area contributed by atoms with Gasteiger partial charge in [0.05, 0.1) is 16.9 Å². The lowest BCUT2D eigenvalue weighted by molar-refractivity contribution is -0.109. The van der Waals surface area contributed by atoms with Crippen molar-refractivity contribution in [1.82, 2.24) is 4.98 Å². The second-order valence-corrected chi connectivity index (χ2v) is 8.14. The summed E-state index contributed by atoms with van der Waals surface area (Å²) >= 11 is 7.04. The fourth-order valence-electron chi connectivity index (χ4n) is 2.07. The Morgan fingerprint density at radius 2 is 1.92 bits per heavy atom. The molecule has 24 heavy (non-hydrogen) atoms. The Balaban J connectivity index is 2.33. The van der Waals surface area contributed by atoms with Crippen LogP contribution in [0, 0.1) is 0 Å². The third kappa shape index (κ3) is 4.33. The minimum absolute atomic E-state index is 0.00844. The normalized spacial score (nSPS) is 19.6. The molecular weight excluding hydrogens is 349 g/mol. The van der Waals surface area contributed by atoms with E-state index in [-0.39, 0.29) is 16.0 Å². The molecule has 0 amide bonds. The van der Waals surface area contributed by atoms with Crippen LogP contribution in [0.15, 0.2) is 17.6 Å². The van der Waals surface area contributed by atoms with Gasteiger partial charge in [0.25, 0.3) is 0 Å². The SMILES string of the molecule is CC(=O)SCC(=Cc1ccc(O)c(Cl)n1)B1OC(C)(C)C(C)(C)O1. The molecule has 2 heterocycles. The first-order valence-corrected chi connectivity index (χ1v) is 8.93. The predicted octanol–water partition coefficient (Wildman–Crippen LogP) is 3.74. The van der Waals surface area contributed by atoms with Gasteiger partial charge in [-0.05, 0) is 51.4 Å². The number of carbonyl (C=O) groups excluding carboxylic acids is 1. The van der Waals surface area contributed by atoms with Gasteiger partial charge in [-0.2, -0.15) is 0 Å². The zero-order valence-corrected chi connectivity index (χ0v) is 16.0. The number of aromatic hydroxyl groups is 1. The number of pyridine rings is 1. The molecule has 0 spiro atoms. The van der Waals surface area contributed by atoms with Crippen molar-refractivity contribution in [2.24, 2.45) is 0 Å². The van der Waals surface area contributed by atoms with Gasteiger partial charge < -0.3 is 14.4 Å². The van der Waals surface area contributed by atoms with Gasteiger partial charge in [0, 0.05) is 12.7 Å². The number of hydrogen-bond donors (Lipinski definition) is 1. The molecule has 8 heteroatoms. The van der Waals surface area contributed by atoms with Crippen molar-refractivity contribution in [2.45, 2.75) is 45.8 Å². The first kappa shape index (κ1) is 19.3. The quantitative estimate of drug-likeness (QED) is 0.644. The molecule has 0 bridgehead atoms. The Kier molecular flexibility index (Phi) is 5.70. The van der Waals surface area contributed by atoms with Gasteiger partial charge in [0.1, 0.15) is 0 Å². The van der Waals surface area contributed by atoms with Crippen LogP contribution in [0.1, 0.15) is 40.3 Å². The maximum atomic E-state index is 11.4. The third-order valence-corrected chi connectivity index (χ3v) is 5.34. The number of carbonyl (C=O) groups is 1. The molecule has 1 saturated heterocycles. The molecule has 1 fully saturated rings. The number of nitrogens with zero attached hydrogens (tertiary/aromatic N) is 1. The first-order chi connectivity index (χ1) is 11.0. The lowest BCUT2D eigenvalue weighted by atomic mass is 9.78. The van der Waals surface area contributed by atoms with E-state index in [1.807, 2.05) is 27.7 Å². The first-order valence-electron chi connectivity index (χ1n) is 7.57. The number of halogens is 1. The minimum atomic E-state index is -0.573. The van der Waals surface area contributed by atoms with E-state index in [0.29, 0.717) is 11.4 Å². The maximum Gasteiger partial charge on any atom is 0.491 e. The zero-order valence-electron chi connectivity index (χ0n) is 14.4. The molecule has 0 aromatic carbocycles. The van der Waals surface area contributed by atoms with Crippen LogP contribution in [0.5, 0.6) is 5.75 Å². The van der Waals surface area contributed by atoms with E-state index < -0.39 is 18.3 Å². The monoisotopic (exact) mass is 369 g/mol. The van der Waals surface area contributed by atoms with Crippen molar-refractivity contribution in [3.8, 4) is 5.75 Å². The van der Waals surface area contributed by atoms with E-state index in [0.717, 1.165) is 5.47 Å². The summed E-state index contributed by atoms with van der Waals surface area (Å²) in [6, 6.07) is 3.12. The average molecular weight is 370 g/mol. The van der Waals surface area contributed by atoms with Crippen LogP contribution in [-0.2, 0) is 14.1 Å². The molecule has 1 N–H and O–H groups in total. The molecule has 1 aromatic heterocycles. The Labute approximate surface area is 151 Å². The van der Waals surface area contributed by atoms with Gasteiger partial charge in [-0.25, -0.2) is 4.98 Å². The van der Waals surface area contributed by atoms with Crippen LogP contribution in [0.4, 0.5) is 0 Å². The maximum absolute atomic E-state index is 11.4. The molecule has 0 radical (unpaired) electrons. The van der Waals surface area contributed by atoms with Crippen molar-refractivity contribution >= 4 is 41.7 Å². The Hall–Kier alpha value is -1.02. The summed E-state index contributed by atoms with van der Waals surface area (Å²) in [7, 11) is -0.573. The zero-order chi connectivity index (χ0) is 18.1. The van der Waals surface area contributed by atoms with E-state index in [2.05, 4.69) is 4.98 Å². The van der Waals surface area contributed by atoms with Crippen molar-refractivity contribution in [1.29, 1.82) is 0 Å². The lowest BCUT2D eigenvalue weighted by Gasteiger charge is -2.32. The van der Waals surface area contributed by atoms with Crippen LogP contribution < -0.4 is 0 Å². The van der Waals surface area contributed by atoms with Gasteiger partial charge in [0.2, 0.25) is 0 Å². The van der Waals surface area contributed by atoms with E-state index in [1.165, 1.54) is 24.8 Å². The predicted molar refractivity (Wildman–Crippen MR) is 98.1 cm³/mol. The lowest BCUT2D eigenvalue weighted by Crippen LogP contribution is -2.41. The summed E-state index contributed by atoms with van der Waals surface area (Å²) in [5, 5.41) is 9.52. The van der Waals surface area contributed by atoms with Crippen molar-refractivity contribution in [2.75, 3.05) is 5.75 Å². The summed E-state index contributed by atoms with van der Waals surface area (Å²) in [5.74, 6) is 0.343. The molecular formula is C16H21BClNO4S. The minimum Gasteiger partial charge on any atom is -0.505 e. The second-order valence-electron chi connectivity index (χ2n) is 6.63. The molecule has 130 valence electrons. The smallest absolute Gasteiger partial charge is 0.491 e. The number of rotatable bonds is 4. The largest absolute Gasteiger partial charge is 0.505 e. The molecule has 5 nitrogen and oxygen atoms in total. The highest BCUT2D eigenvalue weighted by Gasteiger charge is 2.52. The molecule has 1 aliphatic rings. The van der Waals surface area contributed by atoms with Gasteiger partial charge in [-0.1, -0.05) is 23.4 Å². The molecule has 1 aromatic rings. The summed E-state index contributed by atoms with van der Waals surface area (Å²) in [6.45, 7) is 9.40. The van der Waals surface area contributed by atoms with Gasteiger partial charge >= 0.3 is 7.12 Å². The topological polar surface area (TPSA) is 68.7 Å².